The number of aliphatic carboxylic acids is 1. The molecule has 0 bridgehead atoms. The number of carboxylic acid groups (broad SMARTS) is 1. The summed E-state index contributed by atoms with van der Waals surface area (Å²) < 4.78 is 48.0. The highest BCUT2D eigenvalue weighted by atomic mass is 32.1. The first-order chi connectivity index (χ1) is 14.6. The zero-order chi connectivity index (χ0) is 22.8. The lowest BCUT2D eigenvalue weighted by Gasteiger charge is -2.06. The highest BCUT2D eigenvalue weighted by molar-refractivity contribution is 7.18. The minimum Gasteiger partial charge on any atom is -0.475 e. The predicted molar refractivity (Wildman–Crippen MR) is 107 cm³/mol. The molecule has 4 rings (SSSR count). The average molecular weight is 451 g/mol. The molecule has 0 spiro atoms. The Morgan fingerprint density at radius 2 is 1.71 bits per heavy atom. The maximum atomic E-state index is 14.2. The summed E-state index contributed by atoms with van der Waals surface area (Å²) in [6.07, 6.45) is -1.72. The van der Waals surface area contributed by atoms with Crippen molar-refractivity contribution in [1.82, 2.24) is 14.8 Å². The van der Waals surface area contributed by atoms with Crippen LogP contribution in [0.2, 0.25) is 0 Å². The molecule has 0 saturated heterocycles. The molecule has 3 heterocycles. The molecule has 0 aliphatic rings. The maximum Gasteiger partial charge on any atom is 0.490 e. The fourth-order valence-corrected chi connectivity index (χ4v) is 3.79. The number of benzene rings is 1. The van der Waals surface area contributed by atoms with E-state index >= 15 is 0 Å². The van der Waals surface area contributed by atoms with Crippen LogP contribution in [0.15, 0.2) is 59.0 Å². The SMILES string of the molecule is Cn1nc(-c2ccncc2)c2scc(-c3ccccc3F)c2c1=O.O=C(O)C(F)(F)F. The van der Waals surface area contributed by atoms with Gasteiger partial charge >= 0.3 is 12.1 Å². The molecule has 1 aromatic carbocycles. The lowest BCUT2D eigenvalue weighted by molar-refractivity contribution is -0.192. The number of hydrogen-bond donors (Lipinski definition) is 1. The third kappa shape index (κ3) is 4.61. The van der Waals surface area contributed by atoms with Gasteiger partial charge in [-0.25, -0.2) is 13.9 Å². The Balaban J connectivity index is 0.000000339. The zero-order valence-corrected chi connectivity index (χ0v) is 16.5. The van der Waals surface area contributed by atoms with E-state index in [1.807, 2.05) is 17.5 Å². The second-order valence-electron chi connectivity index (χ2n) is 6.15. The minimum atomic E-state index is -5.08. The summed E-state index contributed by atoms with van der Waals surface area (Å²) in [5.74, 6) is -3.10. The molecule has 3 aromatic heterocycles. The van der Waals surface area contributed by atoms with Crippen LogP contribution < -0.4 is 5.56 Å². The standard InChI is InChI=1S/C18H12FN3OS.C2HF3O2/c1-22-18(23)15-13(12-4-2-3-5-14(12)19)10-24-17(15)16(21-22)11-6-8-20-9-7-11;3-2(4,5)1(6)7/h2-10H,1H3;(H,6,7). The Labute approximate surface area is 176 Å². The van der Waals surface area contributed by atoms with Gasteiger partial charge in [-0.3, -0.25) is 9.78 Å². The van der Waals surface area contributed by atoms with Gasteiger partial charge in [0.1, 0.15) is 11.5 Å². The van der Waals surface area contributed by atoms with Crippen molar-refractivity contribution in [3.05, 3.63) is 70.3 Å². The van der Waals surface area contributed by atoms with Gasteiger partial charge in [0.05, 0.1) is 10.1 Å². The molecule has 11 heteroatoms. The van der Waals surface area contributed by atoms with E-state index in [2.05, 4.69) is 10.1 Å². The molecular formula is C20H13F4N3O3S. The lowest BCUT2D eigenvalue weighted by Crippen LogP contribution is -2.21. The van der Waals surface area contributed by atoms with Gasteiger partial charge in [-0.05, 0) is 18.2 Å². The molecule has 160 valence electrons. The van der Waals surface area contributed by atoms with Crippen LogP contribution in [0.5, 0.6) is 0 Å². The van der Waals surface area contributed by atoms with Crippen LogP contribution in [0.4, 0.5) is 17.6 Å². The number of carboxylic acids is 1. The monoisotopic (exact) mass is 451 g/mol. The number of rotatable bonds is 2. The van der Waals surface area contributed by atoms with Crippen molar-refractivity contribution in [3.8, 4) is 22.4 Å². The van der Waals surface area contributed by atoms with Crippen LogP contribution in [0.3, 0.4) is 0 Å². The second-order valence-corrected chi connectivity index (χ2v) is 7.03. The van der Waals surface area contributed by atoms with Crippen molar-refractivity contribution in [2.45, 2.75) is 6.18 Å². The Morgan fingerprint density at radius 3 is 2.29 bits per heavy atom. The molecule has 0 unspecified atom stereocenters. The third-order valence-electron chi connectivity index (χ3n) is 4.12. The normalized spacial score (nSPS) is 11.1. The summed E-state index contributed by atoms with van der Waals surface area (Å²) in [6, 6.07) is 10.2. The predicted octanol–water partition coefficient (Wildman–Crippen LogP) is 4.50. The van der Waals surface area contributed by atoms with E-state index in [9.17, 15) is 22.4 Å². The van der Waals surface area contributed by atoms with E-state index in [1.165, 1.54) is 22.1 Å². The summed E-state index contributed by atoms with van der Waals surface area (Å²) in [4.78, 5) is 25.6. The van der Waals surface area contributed by atoms with Gasteiger partial charge < -0.3 is 5.11 Å². The van der Waals surface area contributed by atoms with Gasteiger partial charge in [-0.2, -0.15) is 18.3 Å². The summed E-state index contributed by atoms with van der Waals surface area (Å²) >= 11 is 1.40. The highest BCUT2D eigenvalue weighted by Gasteiger charge is 2.38. The van der Waals surface area contributed by atoms with Crippen molar-refractivity contribution in [1.29, 1.82) is 0 Å². The second kappa shape index (κ2) is 8.64. The van der Waals surface area contributed by atoms with Crippen molar-refractivity contribution >= 4 is 27.4 Å². The molecule has 6 nitrogen and oxygen atoms in total. The van der Waals surface area contributed by atoms with Gasteiger partial charge in [-0.1, -0.05) is 18.2 Å². The number of pyridine rings is 1. The van der Waals surface area contributed by atoms with Crippen LogP contribution in [-0.4, -0.2) is 32.0 Å². The smallest absolute Gasteiger partial charge is 0.475 e. The average Bonchev–Trinajstić information content (AvgIpc) is 3.16. The van der Waals surface area contributed by atoms with Crippen LogP contribution in [0.25, 0.3) is 32.5 Å². The molecule has 1 N–H and O–H groups in total. The molecule has 0 fully saturated rings. The van der Waals surface area contributed by atoms with E-state index in [0.29, 0.717) is 22.2 Å². The molecule has 0 radical (unpaired) electrons. The van der Waals surface area contributed by atoms with Crippen molar-refractivity contribution in [3.63, 3.8) is 0 Å². The molecule has 4 aromatic rings. The number of hydrogen-bond acceptors (Lipinski definition) is 5. The number of carbonyl (C=O) groups is 1. The summed E-state index contributed by atoms with van der Waals surface area (Å²) in [5, 5.41) is 13.8. The Morgan fingerprint density at radius 1 is 1.10 bits per heavy atom. The number of thiophene rings is 1. The van der Waals surface area contributed by atoms with Crippen molar-refractivity contribution in [2.75, 3.05) is 0 Å². The number of alkyl halides is 3. The van der Waals surface area contributed by atoms with Gasteiger partial charge in [0.25, 0.3) is 5.56 Å². The molecule has 0 amide bonds. The van der Waals surface area contributed by atoms with Crippen molar-refractivity contribution in [2.24, 2.45) is 7.05 Å². The largest absolute Gasteiger partial charge is 0.490 e. The minimum absolute atomic E-state index is 0.234. The quantitative estimate of drug-likeness (QED) is 0.454. The van der Waals surface area contributed by atoms with Gasteiger partial charge in [0.15, 0.2) is 0 Å². The lowest BCUT2D eigenvalue weighted by atomic mass is 10.0. The first-order valence-corrected chi connectivity index (χ1v) is 9.43. The maximum absolute atomic E-state index is 14.2. The van der Waals surface area contributed by atoms with E-state index in [4.69, 9.17) is 9.90 Å². The molecule has 0 saturated carbocycles. The molecule has 0 atom stereocenters. The summed E-state index contributed by atoms with van der Waals surface area (Å²) in [7, 11) is 1.61. The van der Waals surface area contributed by atoms with Crippen LogP contribution in [-0.2, 0) is 11.8 Å². The topological polar surface area (TPSA) is 85.1 Å². The van der Waals surface area contributed by atoms with E-state index in [0.717, 1.165) is 10.3 Å². The van der Waals surface area contributed by atoms with Gasteiger partial charge in [-0.15, -0.1) is 11.3 Å². The van der Waals surface area contributed by atoms with E-state index in [1.54, 1.807) is 37.6 Å². The number of aromatic nitrogens is 3. The zero-order valence-electron chi connectivity index (χ0n) is 15.7. The third-order valence-corrected chi connectivity index (χ3v) is 5.11. The van der Waals surface area contributed by atoms with E-state index in [-0.39, 0.29) is 11.4 Å². The first-order valence-electron chi connectivity index (χ1n) is 8.55. The fourth-order valence-electron chi connectivity index (χ4n) is 2.72. The Kier molecular flexibility index (Phi) is 6.16. The number of aryl methyl sites for hydroxylation is 1. The molecular weight excluding hydrogens is 438 g/mol. The Bertz CT molecular complexity index is 1300. The number of fused-ring (bicyclic) bond motifs is 1. The Hall–Kier alpha value is -3.60. The van der Waals surface area contributed by atoms with Gasteiger partial charge in [0, 0.05) is 41.5 Å². The number of nitrogens with zero attached hydrogens (tertiary/aromatic N) is 3. The van der Waals surface area contributed by atoms with Crippen molar-refractivity contribution < 1.29 is 27.5 Å². The van der Waals surface area contributed by atoms with Crippen LogP contribution >= 0.6 is 11.3 Å². The number of halogens is 4. The fraction of sp³-hybridized carbons (Fsp3) is 0.100. The summed E-state index contributed by atoms with van der Waals surface area (Å²) in [6.45, 7) is 0. The molecule has 31 heavy (non-hydrogen) atoms. The van der Waals surface area contributed by atoms with Gasteiger partial charge in [0.2, 0.25) is 0 Å². The van der Waals surface area contributed by atoms with Crippen LogP contribution in [0.1, 0.15) is 0 Å². The molecule has 0 aliphatic carbocycles. The molecule has 0 aliphatic heterocycles. The van der Waals surface area contributed by atoms with E-state index < -0.39 is 12.1 Å². The van der Waals surface area contributed by atoms with Crippen LogP contribution in [0, 0.1) is 5.82 Å². The first kappa shape index (κ1) is 22.1. The highest BCUT2D eigenvalue weighted by Crippen LogP contribution is 2.37. The summed E-state index contributed by atoms with van der Waals surface area (Å²) in [5.41, 5.74) is 2.36.